The molecule has 1 aromatic heterocycles. The Balaban J connectivity index is 2.22. The molecular weight excluding hydrogens is 258 g/mol. The normalized spacial score (nSPS) is 10.5. The fourth-order valence-electron chi connectivity index (χ4n) is 1.37. The van der Waals surface area contributed by atoms with Gasteiger partial charge in [-0.25, -0.2) is 0 Å². The van der Waals surface area contributed by atoms with Crippen molar-refractivity contribution in [3.05, 3.63) is 46.5 Å². The Bertz CT molecular complexity index is 455. The predicted octanol–water partition coefficient (Wildman–Crippen LogP) is 1.58. The van der Waals surface area contributed by atoms with Gasteiger partial charge in [0.05, 0.1) is 6.54 Å². The fraction of sp³-hybridized carbons (Fsp3) is 0.200. The lowest BCUT2D eigenvalue weighted by molar-refractivity contribution is 0.265. The zero-order valence-corrected chi connectivity index (χ0v) is 9.55. The molecule has 0 fully saturated rings. The molecule has 5 heteroatoms. The van der Waals surface area contributed by atoms with E-state index in [1.165, 1.54) is 0 Å². The molecule has 15 heavy (non-hydrogen) atoms. The van der Waals surface area contributed by atoms with E-state index in [1.54, 1.807) is 6.33 Å². The van der Waals surface area contributed by atoms with Gasteiger partial charge in [-0.05, 0) is 17.7 Å². The second kappa shape index (κ2) is 4.55. The minimum atomic E-state index is -0.0893. The van der Waals surface area contributed by atoms with E-state index in [4.69, 9.17) is 5.11 Å². The van der Waals surface area contributed by atoms with Gasteiger partial charge in [0.1, 0.15) is 12.9 Å². The summed E-state index contributed by atoms with van der Waals surface area (Å²) in [5, 5.41) is 16.6. The molecule has 0 saturated carbocycles. The highest BCUT2D eigenvalue weighted by molar-refractivity contribution is 9.10. The molecule has 0 unspecified atom stereocenters. The maximum atomic E-state index is 9.01. The van der Waals surface area contributed by atoms with Crippen LogP contribution in [0.25, 0.3) is 0 Å². The van der Waals surface area contributed by atoms with Crippen molar-refractivity contribution in [1.29, 1.82) is 0 Å². The van der Waals surface area contributed by atoms with Crippen molar-refractivity contribution in [2.45, 2.75) is 13.2 Å². The largest absolute Gasteiger partial charge is 0.388 e. The summed E-state index contributed by atoms with van der Waals surface area (Å²) in [6, 6.07) is 8.00. The third-order valence-corrected chi connectivity index (χ3v) is 2.57. The van der Waals surface area contributed by atoms with Crippen molar-refractivity contribution < 1.29 is 5.11 Å². The number of aliphatic hydroxyl groups excluding tert-OH is 1. The molecule has 1 heterocycles. The number of nitrogens with zero attached hydrogens (tertiary/aromatic N) is 3. The highest BCUT2D eigenvalue weighted by Gasteiger charge is 2.03. The van der Waals surface area contributed by atoms with E-state index in [9.17, 15) is 0 Å². The molecule has 0 amide bonds. The van der Waals surface area contributed by atoms with Crippen LogP contribution in [-0.2, 0) is 13.2 Å². The van der Waals surface area contributed by atoms with Crippen molar-refractivity contribution in [3.63, 3.8) is 0 Å². The minimum Gasteiger partial charge on any atom is -0.388 e. The molecule has 0 aliphatic rings. The topological polar surface area (TPSA) is 50.9 Å². The summed E-state index contributed by atoms with van der Waals surface area (Å²) in [5.41, 5.74) is 1.14. The van der Waals surface area contributed by atoms with Crippen LogP contribution in [0, 0.1) is 0 Å². The highest BCUT2D eigenvalue weighted by Crippen LogP contribution is 2.13. The van der Waals surface area contributed by atoms with E-state index in [2.05, 4.69) is 26.1 Å². The molecule has 78 valence electrons. The van der Waals surface area contributed by atoms with Gasteiger partial charge in [0.15, 0.2) is 5.82 Å². The summed E-state index contributed by atoms with van der Waals surface area (Å²) >= 11 is 3.41. The van der Waals surface area contributed by atoms with Crippen LogP contribution in [0.3, 0.4) is 0 Å². The Labute approximate surface area is 95.7 Å². The highest BCUT2D eigenvalue weighted by atomic mass is 79.9. The maximum Gasteiger partial charge on any atom is 0.158 e. The summed E-state index contributed by atoms with van der Waals surface area (Å²) in [5.74, 6) is 0.579. The average Bonchev–Trinajstić information content (AvgIpc) is 2.65. The van der Waals surface area contributed by atoms with Crippen molar-refractivity contribution in [2.24, 2.45) is 0 Å². The van der Waals surface area contributed by atoms with Crippen molar-refractivity contribution in [2.75, 3.05) is 0 Å². The van der Waals surface area contributed by atoms with Gasteiger partial charge in [0.2, 0.25) is 0 Å². The summed E-state index contributed by atoms with van der Waals surface area (Å²) in [7, 11) is 0. The first-order valence-electron chi connectivity index (χ1n) is 4.51. The first-order chi connectivity index (χ1) is 7.29. The molecule has 4 nitrogen and oxygen atoms in total. The fourth-order valence-corrected chi connectivity index (χ4v) is 1.81. The molecule has 0 bridgehead atoms. The van der Waals surface area contributed by atoms with Crippen LogP contribution in [0.2, 0.25) is 0 Å². The Morgan fingerprint density at radius 1 is 1.40 bits per heavy atom. The Kier molecular flexibility index (Phi) is 3.13. The van der Waals surface area contributed by atoms with Crippen LogP contribution in [0.4, 0.5) is 0 Å². The molecule has 0 spiro atoms. The third-order valence-electron chi connectivity index (χ3n) is 2.08. The van der Waals surface area contributed by atoms with Gasteiger partial charge in [-0.1, -0.05) is 28.1 Å². The number of rotatable bonds is 3. The van der Waals surface area contributed by atoms with Gasteiger partial charge in [0, 0.05) is 4.47 Å². The third kappa shape index (κ3) is 2.43. The number of halogens is 1. The second-order valence-electron chi connectivity index (χ2n) is 3.16. The van der Waals surface area contributed by atoms with E-state index < -0.39 is 0 Å². The van der Waals surface area contributed by atoms with Crippen molar-refractivity contribution in [3.8, 4) is 0 Å². The van der Waals surface area contributed by atoms with E-state index in [0.717, 1.165) is 10.0 Å². The number of benzene rings is 1. The molecule has 0 radical (unpaired) electrons. The van der Waals surface area contributed by atoms with E-state index in [1.807, 2.05) is 28.8 Å². The monoisotopic (exact) mass is 267 g/mol. The van der Waals surface area contributed by atoms with Gasteiger partial charge < -0.3 is 9.67 Å². The van der Waals surface area contributed by atoms with Crippen molar-refractivity contribution >= 4 is 15.9 Å². The van der Waals surface area contributed by atoms with E-state index in [0.29, 0.717) is 12.4 Å². The number of aliphatic hydroxyl groups is 1. The number of aromatic nitrogens is 3. The van der Waals surface area contributed by atoms with Gasteiger partial charge in [0.25, 0.3) is 0 Å². The average molecular weight is 268 g/mol. The number of hydrogen-bond donors (Lipinski definition) is 1. The van der Waals surface area contributed by atoms with Gasteiger partial charge in [-0.3, -0.25) is 0 Å². The zero-order valence-electron chi connectivity index (χ0n) is 7.97. The van der Waals surface area contributed by atoms with Crippen LogP contribution in [0.5, 0.6) is 0 Å². The van der Waals surface area contributed by atoms with Crippen molar-refractivity contribution in [1.82, 2.24) is 14.8 Å². The summed E-state index contributed by atoms with van der Waals surface area (Å²) < 4.78 is 2.86. The van der Waals surface area contributed by atoms with Crippen LogP contribution in [-0.4, -0.2) is 19.9 Å². The lowest BCUT2D eigenvalue weighted by atomic mass is 10.2. The summed E-state index contributed by atoms with van der Waals surface area (Å²) in [6.45, 7) is 0.580. The summed E-state index contributed by atoms with van der Waals surface area (Å²) in [6.07, 6.45) is 1.62. The predicted molar refractivity (Wildman–Crippen MR) is 59.2 cm³/mol. The molecule has 0 saturated heterocycles. The molecule has 1 N–H and O–H groups in total. The molecule has 2 rings (SSSR count). The van der Waals surface area contributed by atoms with E-state index in [-0.39, 0.29) is 6.61 Å². The lowest BCUT2D eigenvalue weighted by Crippen LogP contribution is -2.03. The Hall–Kier alpha value is -1.20. The first-order valence-corrected chi connectivity index (χ1v) is 5.31. The minimum absolute atomic E-state index is 0.0893. The smallest absolute Gasteiger partial charge is 0.158 e. The quantitative estimate of drug-likeness (QED) is 0.919. The lowest BCUT2D eigenvalue weighted by Gasteiger charge is -2.05. The van der Waals surface area contributed by atoms with Crippen LogP contribution < -0.4 is 0 Å². The standard InChI is InChI=1S/C10H10BrN3O/c11-9-3-1-2-8(4-9)5-14-7-12-13-10(14)6-15/h1-4,7,15H,5-6H2. The van der Waals surface area contributed by atoms with E-state index >= 15 is 0 Å². The van der Waals surface area contributed by atoms with Crippen LogP contribution in [0.15, 0.2) is 35.1 Å². The number of hydrogen-bond acceptors (Lipinski definition) is 3. The van der Waals surface area contributed by atoms with Crippen LogP contribution >= 0.6 is 15.9 Å². The molecular formula is C10H10BrN3O. The first kappa shape index (κ1) is 10.3. The molecule has 0 atom stereocenters. The summed E-state index contributed by atoms with van der Waals surface area (Å²) in [4.78, 5) is 0. The molecule has 2 aromatic rings. The van der Waals surface area contributed by atoms with Crippen LogP contribution in [0.1, 0.15) is 11.4 Å². The maximum absolute atomic E-state index is 9.01. The Morgan fingerprint density at radius 3 is 3.00 bits per heavy atom. The van der Waals surface area contributed by atoms with Gasteiger partial charge >= 0.3 is 0 Å². The second-order valence-corrected chi connectivity index (χ2v) is 4.08. The zero-order chi connectivity index (χ0) is 10.7. The molecule has 0 aliphatic heterocycles. The Morgan fingerprint density at radius 2 is 2.27 bits per heavy atom. The molecule has 0 aliphatic carbocycles. The molecule has 1 aromatic carbocycles. The SMILES string of the molecule is OCc1nncn1Cc1cccc(Br)c1. The van der Waals surface area contributed by atoms with Gasteiger partial charge in [-0.2, -0.15) is 0 Å². The van der Waals surface area contributed by atoms with Gasteiger partial charge in [-0.15, -0.1) is 10.2 Å².